The molecule has 1 unspecified atom stereocenters. The normalized spacial score (nSPS) is 16.8. The van der Waals surface area contributed by atoms with Gasteiger partial charge in [0.15, 0.2) is 0 Å². The molecule has 0 spiro atoms. The summed E-state index contributed by atoms with van der Waals surface area (Å²) >= 11 is 0. The number of aliphatic carboxylic acids is 1. The fraction of sp³-hybridized carbons (Fsp3) is 0.533. The van der Waals surface area contributed by atoms with Crippen molar-refractivity contribution >= 4 is 17.3 Å². The molecule has 0 radical (unpaired) electrons. The summed E-state index contributed by atoms with van der Waals surface area (Å²) < 4.78 is 5.34. The van der Waals surface area contributed by atoms with E-state index in [0.29, 0.717) is 6.42 Å². The van der Waals surface area contributed by atoms with Gasteiger partial charge in [0.05, 0.1) is 13.2 Å². The Morgan fingerprint density at radius 2 is 2.00 bits per heavy atom. The van der Waals surface area contributed by atoms with Crippen LogP contribution in [-0.2, 0) is 9.53 Å². The van der Waals surface area contributed by atoms with Gasteiger partial charge in [-0.3, -0.25) is 4.79 Å². The van der Waals surface area contributed by atoms with Gasteiger partial charge in [-0.2, -0.15) is 0 Å². The van der Waals surface area contributed by atoms with Crippen molar-refractivity contribution in [3.63, 3.8) is 0 Å². The summed E-state index contributed by atoms with van der Waals surface area (Å²) in [6.45, 7) is 5.43. The molecule has 1 aliphatic heterocycles. The third-order valence-electron chi connectivity index (χ3n) is 3.45. The molecular weight excluding hydrogens is 256 g/mol. The van der Waals surface area contributed by atoms with E-state index in [9.17, 15) is 4.79 Å². The number of nitrogens with one attached hydrogen (secondary N) is 1. The first kappa shape index (κ1) is 14.7. The minimum Gasteiger partial charge on any atom is -0.481 e. The molecule has 0 aliphatic carbocycles. The summed E-state index contributed by atoms with van der Waals surface area (Å²) in [7, 11) is 0. The molecule has 20 heavy (non-hydrogen) atoms. The molecular formula is C15H22N2O3. The molecule has 2 rings (SSSR count). The smallest absolute Gasteiger partial charge is 0.303 e. The zero-order valence-electron chi connectivity index (χ0n) is 11.8. The number of carbonyl (C=O) groups is 1. The first-order chi connectivity index (χ1) is 9.65. The number of rotatable bonds is 6. The quantitative estimate of drug-likeness (QED) is 0.835. The Kier molecular flexibility index (Phi) is 5.24. The van der Waals surface area contributed by atoms with Gasteiger partial charge in [-0.1, -0.05) is 0 Å². The molecule has 0 bridgehead atoms. The minimum absolute atomic E-state index is 0.153. The van der Waals surface area contributed by atoms with Crippen LogP contribution < -0.4 is 10.2 Å². The predicted octanol–water partition coefficient (Wildman–Crippen LogP) is 2.19. The van der Waals surface area contributed by atoms with Crippen molar-refractivity contribution in [3.05, 3.63) is 24.3 Å². The summed E-state index contributed by atoms with van der Waals surface area (Å²) in [4.78, 5) is 12.8. The summed E-state index contributed by atoms with van der Waals surface area (Å²) in [6.07, 6.45) is 0.820. The second kappa shape index (κ2) is 7.14. The molecule has 110 valence electrons. The molecule has 1 aromatic carbocycles. The van der Waals surface area contributed by atoms with E-state index in [-0.39, 0.29) is 12.5 Å². The largest absolute Gasteiger partial charge is 0.481 e. The van der Waals surface area contributed by atoms with Gasteiger partial charge in [0, 0.05) is 36.9 Å². The van der Waals surface area contributed by atoms with Gasteiger partial charge >= 0.3 is 5.97 Å². The molecule has 1 aliphatic rings. The highest BCUT2D eigenvalue weighted by atomic mass is 16.5. The van der Waals surface area contributed by atoms with Gasteiger partial charge < -0.3 is 20.1 Å². The number of hydrogen-bond acceptors (Lipinski definition) is 4. The van der Waals surface area contributed by atoms with Crippen molar-refractivity contribution in [2.45, 2.75) is 25.8 Å². The van der Waals surface area contributed by atoms with Crippen molar-refractivity contribution < 1.29 is 14.6 Å². The van der Waals surface area contributed by atoms with Crippen molar-refractivity contribution in [3.8, 4) is 0 Å². The van der Waals surface area contributed by atoms with Gasteiger partial charge in [0.2, 0.25) is 0 Å². The Labute approximate surface area is 119 Å². The van der Waals surface area contributed by atoms with Crippen LogP contribution in [0.15, 0.2) is 24.3 Å². The number of anilines is 2. The molecule has 1 atom stereocenters. The average molecular weight is 278 g/mol. The van der Waals surface area contributed by atoms with Gasteiger partial charge in [-0.25, -0.2) is 0 Å². The third kappa shape index (κ3) is 4.42. The fourth-order valence-corrected chi connectivity index (χ4v) is 2.29. The summed E-state index contributed by atoms with van der Waals surface area (Å²) in [6, 6.07) is 8.43. The molecule has 1 fully saturated rings. The molecule has 1 saturated heterocycles. The number of hydrogen-bond donors (Lipinski definition) is 2. The van der Waals surface area contributed by atoms with E-state index in [4.69, 9.17) is 9.84 Å². The van der Waals surface area contributed by atoms with Gasteiger partial charge in [-0.05, 0) is 37.6 Å². The molecule has 1 aromatic rings. The van der Waals surface area contributed by atoms with Crippen LogP contribution in [0.1, 0.15) is 19.8 Å². The maximum absolute atomic E-state index is 10.5. The molecule has 5 nitrogen and oxygen atoms in total. The maximum atomic E-state index is 10.5. The highest BCUT2D eigenvalue weighted by molar-refractivity contribution is 5.66. The lowest BCUT2D eigenvalue weighted by Crippen LogP contribution is -2.36. The lowest BCUT2D eigenvalue weighted by atomic mass is 10.1. The van der Waals surface area contributed by atoms with Crippen LogP contribution in [0, 0.1) is 0 Å². The monoisotopic (exact) mass is 278 g/mol. The zero-order valence-corrected chi connectivity index (χ0v) is 11.8. The first-order valence-electron chi connectivity index (χ1n) is 7.06. The predicted molar refractivity (Wildman–Crippen MR) is 79.4 cm³/mol. The third-order valence-corrected chi connectivity index (χ3v) is 3.45. The molecule has 0 amide bonds. The number of morpholine rings is 1. The number of carboxylic acids is 1. The highest BCUT2D eigenvalue weighted by Crippen LogP contribution is 2.19. The second-order valence-electron chi connectivity index (χ2n) is 5.12. The topological polar surface area (TPSA) is 61.8 Å². The van der Waals surface area contributed by atoms with Crippen LogP contribution in [0.2, 0.25) is 0 Å². The van der Waals surface area contributed by atoms with E-state index < -0.39 is 5.97 Å². The Balaban J connectivity index is 1.85. The van der Waals surface area contributed by atoms with Crippen LogP contribution in [0.4, 0.5) is 11.4 Å². The van der Waals surface area contributed by atoms with Crippen LogP contribution in [0.3, 0.4) is 0 Å². The Hall–Kier alpha value is -1.75. The maximum Gasteiger partial charge on any atom is 0.303 e. The lowest BCUT2D eigenvalue weighted by Gasteiger charge is -2.29. The fourth-order valence-electron chi connectivity index (χ4n) is 2.29. The molecule has 5 heteroatoms. The summed E-state index contributed by atoms with van der Waals surface area (Å²) in [5, 5.41) is 12.0. The van der Waals surface area contributed by atoms with E-state index >= 15 is 0 Å². The Bertz CT molecular complexity index is 427. The summed E-state index contributed by atoms with van der Waals surface area (Å²) in [5.41, 5.74) is 2.23. The van der Waals surface area contributed by atoms with Crippen molar-refractivity contribution in [1.82, 2.24) is 0 Å². The molecule has 2 N–H and O–H groups in total. The van der Waals surface area contributed by atoms with Crippen molar-refractivity contribution in [2.75, 3.05) is 36.5 Å². The van der Waals surface area contributed by atoms with E-state index in [1.807, 2.05) is 19.1 Å². The molecule has 1 heterocycles. The van der Waals surface area contributed by atoms with E-state index in [2.05, 4.69) is 22.3 Å². The van der Waals surface area contributed by atoms with Gasteiger partial charge in [0.1, 0.15) is 0 Å². The van der Waals surface area contributed by atoms with E-state index in [1.165, 1.54) is 5.69 Å². The van der Waals surface area contributed by atoms with Crippen LogP contribution in [-0.4, -0.2) is 43.4 Å². The van der Waals surface area contributed by atoms with Crippen molar-refractivity contribution in [1.29, 1.82) is 0 Å². The number of nitrogens with zero attached hydrogens (tertiary/aromatic N) is 1. The number of ether oxygens (including phenoxy) is 1. The van der Waals surface area contributed by atoms with E-state index in [0.717, 1.165) is 32.0 Å². The number of benzene rings is 1. The zero-order chi connectivity index (χ0) is 14.4. The van der Waals surface area contributed by atoms with Crippen LogP contribution in [0.25, 0.3) is 0 Å². The number of carboxylic acid groups (broad SMARTS) is 1. The lowest BCUT2D eigenvalue weighted by molar-refractivity contribution is -0.137. The molecule has 0 aromatic heterocycles. The Morgan fingerprint density at radius 3 is 2.60 bits per heavy atom. The average Bonchev–Trinajstić information content (AvgIpc) is 2.47. The second-order valence-corrected chi connectivity index (χ2v) is 5.12. The SMILES string of the molecule is CC(CCC(=O)O)Nc1ccc(N2CCOCC2)cc1. The van der Waals surface area contributed by atoms with Crippen molar-refractivity contribution in [2.24, 2.45) is 0 Å². The first-order valence-corrected chi connectivity index (χ1v) is 7.06. The highest BCUT2D eigenvalue weighted by Gasteiger charge is 2.11. The van der Waals surface area contributed by atoms with Crippen LogP contribution >= 0.6 is 0 Å². The van der Waals surface area contributed by atoms with E-state index in [1.54, 1.807) is 0 Å². The standard InChI is InChI=1S/C15H22N2O3/c1-12(2-7-15(18)19)16-13-3-5-14(6-4-13)17-8-10-20-11-9-17/h3-6,12,16H,2,7-11H2,1H3,(H,18,19). The summed E-state index contributed by atoms with van der Waals surface area (Å²) in [5.74, 6) is -0.749. The minimum atomic E-state index is -0.749. The van der Waals surface area contributed by atoms with Gasteiger partial charge in [-0.15, -0.1) is 0 Å². The molecule has 0 saturated carbocycles. The van der Waals surface area contributed by atoms with Gasteiger partial charge in [0.25, 0.3) is 0 Å². The Morgan fingerprint density at radius 1 is 1.35 bits per heavy atom. The van der Waals surface area contributed by atoms with Crippen LogP contribution in [0.5, 0.6) is 0 Å².